The Labute approximate surface area is 576 Å². The molecule has 15 nitrogen and oxygen atoms in total. The zero-order chi connectivity index (χ0) is 73.2. The van der Waals surface area contributed by atoms with Crippen LogP contribution in [0.5, 0.6) is 0 Å². The lowest BCUT2D eigenvalue weighted by molar-refractivity contribution is -0.654. The van der Waals surface area contributed by atoms with Gasteiger partial charge in [0.2, 0.25) is 17.1 Å². The third kappa shape index (κ3) is 11.9. The first-order valence-electron chi connectivity index (χ1n) is 36.6. The fraction of sp³-hybridized carbons (Fsp3) is 0.364. The van der Waals surface area contributed by atoms with Crippen LogP contribution in [0, 0.1) is 38.5 Å². The van der Waals surface area contributed by atoms with Crippen molar-refractivity contribution in [3.63, 3.8) is 0 Å². The minimum absolute atomic E-state index is 0.0521. The zero-order valence-electron chi connectivity index (χ0n) is 65.1. The summed E-state index contributed by atoms with van der Waals surface area (Å²) in [5.41, 5.74) is 12.3. The topological polar surface area (TPSA) is 110 Å². The predicted octanol–water partition coefficient (Wildman–Crippen LogP) is 7.43. The van der Waals surface area contributed by atoms with E-state index in [9.17, 15) is 0 Å². The minimum atomic E-state index is -2.27. The molecule has 0 aliphatic carbocycles. The molecule has 0 radical (unpaired) electrons. The van der Waals surface area contributed by atoms with Crippen LogP contribution in [0.15, 0.2) is 141 Å². The van der Waals surface area contributed by atoms with Gasteiger partial charge in [-0.1, -0.05) is 100 Å². The van der Waals surface area contributed by atoms with Gasteiger partial charge in [-0.2, -0.15) is 0 Å². The Hall–Kier alpha value is -8.79. The first-order valence-corrected chi connectivity index (χ1v) is 33.6. The van der Waals surface area contributed by atoms with Gasteiger partial charge in [-0.05, 0) is 180 Å². The molecule has 2 aromatic carbocycles. The summed E-state index contributed by atoms with van der Waals surface area (Å²) in [5.74, 6) is 9.19. The lowest BCUT2D eigenvalue weighted by Crippen LogP contribution is -2.60. The molecule has 19 heteroatoms. The molecule has 0 spiro atoms. The second kappa shape index (κ2) is 24.7. The summed E-state index contributed by atoms with van der Waals surface area (Å²) in [4.78, 5) is 27.3. The summed E-state index contributed by atoms with van der Waals surface area (Å²) in [6.45, 7) is 22.0. The number of aryl methyl sites for hydroxylation is 4. The van der Waals surface area contributed by atoms with Gasteiger partial charge in [0.05, 0.1) is 7.05 Å². The van der Waals surface area contributed by atoms with Gasteiger partial charge in [0, 0.05) is 117 Å². The Morgan fingerprint density at radius 3 is 1.53 bits per heavy atom. The number of para-hydroxylation sites is 2. The average Bonchev–Trinajstić information content (AvgIpc) is 1.60. The van der Waals surface area contributed by atoms with Gasteiger partial charge < -0.3 is 42.1 Å². The van der Waals surface area contributed by atoms with Gasteiger partial charge in [-0.3, -0.25) is 0 Å². The molecular formula is C77H94B4N12O3+2. The number of anilines is 1. The molecule has 8 aromatic heterocycles. The molecule has 2 fully saturated rings. The lowest BCUT2D eigenvalue weighted by Gasteiger charge is -2.42. The van der Waals surface area contributed by atoms with Crippen molar-refractivity contribution in [2.24, 2.45) is 24.9 Å². The second-order valence-corrected chi connectivity index (χ2v) is 29.6. The summed E-state index contributed by atoms with van der Waals surface area (Å²) >= 11 is 0. The number of hydrogen-bond acceptors (Lipinski definition) is 12. The van der Waals surface area contributed by atoms with Crippen molar-refractivity contribution >= 4 is 120 Å². The Kier molecular flexibility index (Phi) is 15.1. The largest absolute Gasteiger partial charge is 0.436 e. The number of pyridine rings is 4. The number of hydrogen-bond donors (Lipinski definition) is 0. The summed E-state index contributed by atoms with van der Waals surface area (Å²) in [5, 5.41) is 6.26. The van der Waals surface area contributed by atoms with Crippen molar-refractivity contribution in [1.82, 2.24) is 43.6 Å². The number of fused-ring (bicyclic) bond motifs is 10. The van der Waals surface area contributed by atoms with E-state index in [0.29, 0.717) is 36.2 Å². The highest BCUT2D eigenvalue weighted by Crippen LogP contribution is 2.48. The molecule has 10 aromatic rings. The molecular weight excluding hydrogens is 1180 g/mol. The average molecular weight is 1280 g/mol. The van der Waals surface area contributed by atoms with E-state index in [1.54, 1.807) is 9.13 Å². The van der Waals surface area contributed by atoms with Crippen LogP contribution >= 0.6 is 0 Å². The Morgan fingerprint density at radius 2 is 1.03 bits per heavy atom. The number of aromatic nitrogens is 6. The van der Waals surface area contributed by atoms with E-state index in [2.05, 4.69) is 223 Å². The van der Waals surface area contributed by atoms with E-state index in [0.717, 1.165) is 76.9 Å². The first-order chi connectivity index (χ1) is 48.0. The fourth-order valence-corrected chi connectivity index (χ4v) is 16.2. The first kappa shape index (κ1) is 58.6. The van der Waals surface area contributed by atoms with Crippen molar-refractivity contribution < 1.29 is 30.6 Å². The molecule has 6 aliphatic heterocycles. The van der Waals surface area contributed by atoms with Crippen molar-refractivity contribution in [3.05, 3.63) is 188 Å². The molecule has 3 unspecified atom stereocenters. The van der Waals surface area contributed by atoms with Gasteiger partial charge in [-0.25, -0.2) is 28.7 Å². The van der Waals surface area contributed by atoms with Crippen LogP contribution in [0.1, 0.15) is 119 Å². The zero-order valence-corrected chi connectivity index (χ0v) is 59.1. The van der Waals surface area contributed by atoms with Gasteiger partial charge in [-0.15, -0.1) is 0 Å². The second-order valence-electron chi connectivity index (χ2n) is 29.6. The fourth-order valence-electron chi connectivity index (χ4n) is 16.2. The number of furan rings is 3. The Balaban J connectivity index is 0.000000123. The van der Waals surface area contributed by atoms with Crippen LogP contribution in [-0.2, 0) is 14.1 Å². The summed E-state index contributed by atoms with van der Waals surface area (Å²) in [7, 11) is 12.2. The van der Waals surface area contributed by atoms with E-state index in [1.807, 2.05) is 121 Å². The van der Waals surface area contributed by atoms with Crippen molar-refractivity contribution in [2.75, 3.05) is 33.0 Å². The highest BCUT2D eigenvalue weighted by molar-refractivity contribution is 6.83. The maximum Gasteiger partial charge on any atom is 0.396 e. The third-order valence-electron chi connectivity index (χ3n) is 21.1. The molecule has 16 rings (SSSR count). The lowest BCUT2D eigenvalue weighted by atomic mass is 9.55. The van der Waals surface area contributed by atoms with Crippen molar-refractivity contribution in [3.8, 4) is 5.69 Å². The smallest absolute Gasteiger partial charge is 0.396 e. The molecule has 0 saturated carbocycles. The molecule has 490 valence electrons. The Morgan fingerprint density at radius 1 is 0.552 bits per heavy atom. The maximum absolute atomic E-state index is 8.16. The normalized spacial score (nSPS) is 21.7. The van der Waals surface area contributed by atoms with Crippen LogP contribution in [0.3, 0.4) is 0 Å². The van der Waals surface area contributed by atoms with Crippen LogP contribution in [0.4, 0.5) is 5.69 Å². The number of rotatable bonds is 5. The molecule has 0 bridgehead atoms. The number of imidazole rings is 1. The van der Waals surface area contributed by atoms with Gasteiger partial charge in [0.1, 0.15) is 24.5 Å². The molecule has 0 amide bonds. The Bertz CT molecular complexity index is 5340. The summed E-state index contributed by atoms with van der Waals surface area (Å²) in [6.07, 6.45) is 14.1. The quantitative estimate of drug-likeness (QED) is 0.126. The molecule has 0 N–H and O–H groups in total. The molecule has 14 heterocycles. The van der Waals surface area contributed by atoms with Crippen LogP contribution in [0.2, 0.25) is 0 Å². The van der Waals surface area contributed by atoms with Crippen LogP contribution < -0.4 is 57.0 Å². The van der Waals surface area contributed by atoms with E-state index in [1.165, 1.54) is 28.5 Å². The highest BCUT2D eigenvalue weighted by atomic mass is 16.3. The van der Waals surface area contributed by atoms with E-state index in [4.69, 9.17) is 21.5 Å². The third-order valence-corrected chi connectivity index (χ3v) is 21.1. The van der Waals surface area contributed by atoms with E-state index < -0.39 is 19.1 Å². The van der Waals surface area contributed by atoms with Crippen LogP contribution in [0.25, 0.3) is 81.6 Å². The van der Waals surface area contributed by atoms with Gasteiger partial charge >= 0.3 is 27.7 Å². The van der Waals surface area contributed by atoms with Gasteiger partial charge in [0.15, 0.2) is 28.0 Å². The molecule has 6 aliphatic rings. The van der Waals surface area contributed by atoms with E-state index >= 15 is 0 Å². The summed E-state index contributed by atoms with van der Waals surface area (Å²) < 4.78 is 72.6. The van der Waals surface area contributed by atoms with Crippen molar-refractivity contribution in [1.29, 1.82) is 0 Å². The maximum atomic E-state index is 8.16. The van der Waals surface area contributed by atoms with E-state index in [-0.39, 0.29) is 43.8 Å². The number of benzene rings is 2. The minimum Gasteiger partial charge on any atom is -0.436 e. The highest BCUT2D eigenvalue weighted by Gasteiger charge is 2.54. The monoisotopic (exact) mass is 1280 g/mol. The standard InChI is InChI=1S/C22H22BN4O.2C20H28BN3O.C15H16BN2/c1-15-10-11-18-19-12-23(25(3)13-20(19)28-22(18)24-15)21-14-27(16(2)26(21)4)17-8-6-5-7-9-17;2*1-13-8-9-15-16-10-21(23(7)11-17(16)25-18(15)22-13)24-14(2)19(3,4)12-20(24,5)6;1-17-12-6-5-9-15(17)16-11-10-13-7-3-4-8-14(13)18(16)2/h5-14H,1-4H3;2*8-11,14H,12H2,1-7H3;3-12H,1-2H3/q+1;;;+1/i2D3;3D3;;. The number of nitrogens with zero attached hydrogens (tertiary/aromatic N) is 12. The van der Waals surface area contributed by atoms with Crippen LogP contribution in [-0.4, -0.2) is 123 Å². The van der Waals surface area contributed by atoms with Crippen molar-refractivity contribution in [2.45, 2.75) is 133 Å². The van der Waals surface area contributed by atoms with Gasteiger partial charge in [0.25, 0.3) is 5.82 Å². The molecule has 3 atom stereocenters. The molecule has 2 saturated heterocycles. The summed E-state index contributed by atoms with van der Waals surface area (Å²) in [6, 6.07) is 37.0. The molecule has 96 heavy (non-hydrogen) atoms. The SMILES string of the molecule is CN1B(c2cccc[n+]2C)C=Cc2ccccc21.Cc1ccc2c3c(oc2n1)=CN(C)B(N1C(C)C(C)(C)CC1(C)C)C=3.[2H]C([2H])([2H])C1(C)CC(C)(C)N(B2C=c3c(oc4nc(C)ccc34)=CN2C)C1C.[2H]C([2H])([2H])c1n(C)c(B2C=c3c(oc4nc(C)ccc34)=CN2C)c[n+]1-c1ccccc1. The predicted molar refractivity (Wildman–Crippen MR) is 397 cm³/mol.